The molecule has 0 spiro atoms. The van der Waals surface area contributed by atoms with Gasteiger partial charge in [-0.3, -0.25) is 9.89 Å². The van der Waals surface area contributed by atoms with Gasteiger partial charge in [0.05, 0.1) is 11.6 Å². The maximum Gasteiger partial charge on any atom is 0.251 e. The van der Waals surface area contributed by atoms with Gasteiger partial charge in [-0.2, -0.15) is 5.10 Å². The molecule has 0 saturated carbocycles. The summed E-state index contributed by atoms with van der Waals surface area (Å²) < 4.78 is 0. The van der Waals surface area contributed by atoms with Crippen molar-refractivity contribution in [3.63, 3.8) is 0 Å². The molecule has 0 aliphatic carbocycles. The summed E-state index contributed by atoms with van der Waals surface area (Å²) in [5.74, 6) is 0.327. The van der Waals surface area contributed by atoms with E-state index in [2.05, 4.69) is 29.4 Å². The fraction of sp³-hybridized carbons (Fsp3) is 0.300. The largest absolute Gasteiger partial charge is 0.345 e. The second-order valence-corrected chi connectivity index (χ2v) is 7.16. The molecule has 1 aromatic heterocycles. The number of fused-ring (bicyclic) bond motifs is 1. The summed E-state index contributed by atoms with van der Waals surface area (Å²) in [4.78, 5) is 12.8. The summed E-state index contributed by atoms with van der Waals surface area (Å²) in [6.07, 6.45) is 0.822. The number of hydrogen-bond donors (Lipinski definition) is 2. The Labute approximate surface area is 152 Å². The number of amides is 1. The Bertz CT molecular complexity index is 901. The molecule has 3 rings (SSSR count). The SMILES string of the molecule is Cc1[nH]nc2ccc(C(=O)NC(CC(C)C)c3ccccc3Cl)cc12. The molecule has 1 amide bonds. The lowest BCUT2D eigenvalue weighted by Gasteiger charge is -2.22. The highest BCUT2D eigenvalue weighted by atomic mass is 35.5. The molecule has 5 heteroatoms. The highest BCUT2D eigenvalue weighted by molar-refractivity contribution is 6.31. The summed E-state index contributed by atoms with van der Waals surface area (Å²) >= 11 is 6.35. The number of rotatable bonds is 5. The number of H-pyrrole nitrogens is 1. The van der Waals surface area contributed by atoms with Gasteiger partial charge in [0.15, 0.2) is 0 Å². The molecule has 130 valence electrons. The van der Waals surface area contributed by atoms with Crippen LogP contribution < -0.4 is 5.32 Å². The molecule has 25 heavy (non-hydrogen) atoms. The van der Waals surface area contributed by atoms with E-state index in [-0.39, 0.29) is 11.9 Å². The van der Waals surface area contributed by atoms with E-state index in [4.69, 9.17) is 11.6 Å². The maximum atomic E-state index is 12.8. The van der Waals surface area contributed by atoms with E-state index in [1.54, 1.807) is 6.07 Å². The monoisotopic (exact) mass is 355 g/mol. The summed E-state index contributed by atoms with van der Waals surface area (Å²) in [5, 5.41) is 11.9. The summed E-state index contributed by atoms with van der Waals surface area (Å²) in [6, 6.07) is 13.1. The number of aromatic nitrogens is 2. The molecule has 0 saturated heterocycles. The number of benzene rings is 2. The minimum absolute atomic E-state index is 0.104. The quantitative estimate of drug-likeness (QED) is 0.673. The fourth-order valence-corrected chi connectivity index (χ4v) is 3.28. The van der Waals surface area contributed by atoms with Crippen LogP contribution in [0, 0.1) is 12.8 Å². The van der Waals surface area contributed by atoms with Gasteiger partial charge in [0.2, 0.25) is 0 Å². The molecule has 0 aliphatic rings. The Hall–Kier alpha value is -2.33. The Morgan fingerprint density at radius 1 is 1.24 bits per heavy atom. The number of aromatic amines is 1. The standard InChI is InChI=1S/C20H22ClN3O/c1-12(2)10-19(15-6-4-5-7-17(15)21)22-20(25)14-8-9-18-16(11-14)13(3)23-24-18/h4-9,11-12,19H,10H2,1-3H3,(H,22,25)(H,23,24). The molecule has 1 heterocycles. The number of hydrogen-bond acceptors (Lipinski definition) is 2. The van der Waals surface area contributed by atoms with Gasteiger partial charge in [0.1, 0.15) is 0 Å². The average Bonchev–Trinajstić information content (AvgIpc) is 2.95. The Morgan fingerprint density at radius 3 is 2.72 bits per heavy atom. The van der Waals surface area contributed by atoms with Crippen LogP contribution in [0.15, 0.2) is 42.5 Å². The number of nitrogens with zero attached hydrogens (tertiary/aromatic N) is 1. The molecule has 0 aliphatic heterocycles. The molecule has 1 atom stereocenters. The van der Waals surface area contributed by atoms with Crippen molar-refractivity contribution < 1.29 is 4.79 Å². The van der Waals surface area contributed by atoms with Gasteiger partial charge in [0.25, 0.3) is 5.91 Å². The van der Waals surface area contributed by atoms with E-state index in [1.165, 1.54) is 0 Å². The van der Waals surface area contributed by atoms with Crippen molar-refractivity contribution in [3.8, 4) is 0 Å². The lowest BCUT2D eigenvalue weighted by atomic mass is 9.96. The van der Waals surface area contributed by atoms with Crippen LogP contribution in [0.5, 0.6) is 0 Å². The van der Waals surface area contributed by atoms with Crippen LogP contribution in [0.3, 0.4) is 0 Å². The molecule has 0 bridgehead atoms. The minimum atomic E-state index is -0.123. The van der Waals surface area contributed by atoms with Gasteiger partial charge < -0.3 is 5.32 Å². The van der Waals surface area contributed by atoms with Gasteiger partial charge >= 0.3 is 0 Å². The molecular weight excluding hydrogens is 334 g/mol. The van der Waals surface area contributed by atoms with E-state index < -0.39 is 0 Å². The minimum Gasteiger partial charge on any atom is -0.345 e. The van der Waals surface area contributed by atoms with Crippen LogP contribution in [-0.2, 0) is 0 Å². The van der Waals surface area contributed by atoms with Crippen LogP contribution in [0.2, 0.25) is 5.02 Å². The van der Waals surface area contributed by atoms with E-state index in [1.807, 2.05) is 43.3 Å². The lowest BCUT2D eigenvalue weighted by molar-refractivity contribution is 0.0932. The molecule has 3 aromatic rings. The molecule has 2 N–H and O–H groups in total. The van der Waals surface area contributed by atoms with Crippen LogP contribution in [0.25, 0.3) is 10.9 Å². The average molecular weight is 356 g/mol. The zero-order valence-corrected chi connectivity index (χ0v) is 15.4. The topological polar surface area (TPSA) is 57.8 Å². The second kappa shape index (κ2) is 7.28. The molecule has 4 nitrogen and oxygen atoms in total. The van der Waals surface area contributed by atoms with E-state index in [9.17, 15) is 4.79 Å². The van der Waals surface area contributed by atoms with Crippen LogP contribution >= 0.6 is 11.6 Å². The first-order chi connectivity index (χ1) is 12.0. The normalized spacial score (nSPS) is 12.5. The van der Waals surface area contributed by atoms with Crippen molar-refractivity contribution in [2.45, 2.75) is 33.2 Å². The van der Waals surface area contributed by atoms with Crippen LogP contribution in [-0.4, -0.2) is 16.1 Å². The fourth-order valence-electron chi connectivity index (χ4n) is 3.01. The third-order valence-corrected chi connectivity index (χ3v) is 4.64. The molecule has 0 fully saturated rings. The third kappa shape index (κ3) is 3.85. The van der Waals surface area contributed by atoms with Gasteiger partial charge in [-0.05, 0) is 49.1 Å². The number of nitrogens with one attached hydrogen (secondary N) is 2. The zero-order chi connectivity index (χ0) is 18.0. The first kappa shape index (κ1) is 17.5. The number of carbonyl (C=O) groups excluding carboxylic acids is 1. The van der Waals surface area contributed by atoms with Crippen molar-refractivity contribution in [1.29, 1.82) is 0 Å². The van der Waals surface area contributed by atoms with E-state index in [0.29, 0.717) is 16.5 Å². The first-order valence-electron chi connectivity index (χ1n) is 8.45. The van der Waals surface area contributed by atoms with Crippen molar-refractivity contribution in [2.24, 2.45) is 5.92 Å². The molecule has 1 unspecified atom stereocenters. The van der Waals surface area contributed by atoms with Crippen LogP contribution in [0.1, 0.15) is 47.9 Å². The summed E-state index contributed by atoms with van der Waals surface area (Å²) in [6.45, 7) is 6.22. The van der Waals surface area contributed by atoms with E-state index in [0.717, 1.165) is 28.6 Å². The third-order valence-electron chi connectivity index (χ3n) is 4.30. The maximum absolute atomic E-state index is 12.8. The summed E-state index contributed by atoms with van der Waals surface area (Å²) in [5.41, 5.74) is 3.39. The highest BCUT2D eigenvalue weighted by Crippen LogP contribution is 2.28. The van der Waals surface area contributed by atoms with Gasteiger partial charge in [-0.25, -0.2) is 0 Å². The Kier molecular flexibility index (Phi) is 5.09. The molecule has 0 radical (unpaired) electrons. The van der Waals surface area contributed by atoms with Crippen LogP contribution in [0.4, 0.5) is 0 Å². The molecule has 2 aromatic carbocycles. The lowest BCUT2D eigenvalue weighted by Crippen LogP contribution is -2.29. The van der Waals surface area contributed by atoms with Crippen molar-refractivity contribution >= 4 is 28.4 Å². The first-order valence-corrected chi connectivity index (χ1v) is 8.83. The molecular formula is C20H22ClN3O. The van der Waals surface area contributed by atoms with Crippen molar-refractivity contribution in [3.05, 3.63) is 64.3 Å². The number of carbonyl (C=O) groups is 1. The predicted molar refractivity (Wildman–Crippen MR) is 102 cm³/mol. The smallest absolute Gasteiger partial charge is 0.251 e. The van der Waals surface area contributed by atoms with Gasteiger partial charge in [0, 0.05) is 21.7 Å². The number of halogens is 1. The zero-order valence-electron chi connectivity index (χ0n) is 14.6. The van der Waals surface area contributed by atoms with Gasteiger partial charge in [-0.1, -0.05) is 43.6 Å². The summed E-state index contributed by atoms with van der Waals surface area (Å²) in [7, 11) is 0. The number of aryl methyl sites for hydroxylation is 1. The Balaban J connectivity index is 1.88. The predicted octanol–water partition coefficient (Wildman–Crippen LogP) is 5.04. The Morgan fingerprint density at radius 2 is 2.00 bits per heavy atom. The van der Waals surface area contributed by atoms with E-state index >= 15 is 0 Å². The second-order valence-electron chi connectivity index (χ2n) is 6.76. The van der Waals surface area contributed by atoms with Crippen molar-refractivity contribution in [1.82, 2.24) is 15.5 Å². The van der Waals surface area contributed by atoms with Crippen molar-refractivity contribution in [2.75, 3.05) is 0 Å². The highest BCUT2D eigenvalue weighted by Gasteiger charge is 2.19. The van der Waals surface area contributed by atoms with Gasteiger partial charge in [-0.15, -0.1) is 0 Å².